The molecule has 0 atom stereocenters. The molecule has 0 saturated carbocycles. The van der Waals surface area contributed by atoms with Crippen molar-refractivity contribution in [3.05, 3.63) is 31.5 Å². The van der Waals surface area contributed by atoms with E-state index in [1.807, 2.05) is 48.5 Å². The number of carbonyl (C=O) groups is 3. The summed E-state index contributed by atoms with van der Waals surface area (Å²) in [4.78, 5) is 73.5. The van der Waals surface area contributed by atoms with Gasteiger partial charge in [-0.15, -0.1) is 0 Å². The molecule has 1 aromatic heterocycles. The molecule has 1 aromatic rings. The van der Waals surface area contributed by atoms with Gasteiger partial charge in [0.2, 0.25) is 0 Å². The Morgan fingerprint density at radius 1 is 0.380 bits per heavy atom. The summed E-state index contributed by atoms with van der Waals surface area (Å²) in [5.41, 5.74) is -2.34. The first-order chi connectivity index (χ1) is 34.1. The van der Waals surface area contributed by atoms with Crippen molar-refractivity contribution in [3.63, 3.8) is 0 Å². The zero-order valence-corrected chi connectivity index (χ0v) is 47.7. The number of esters is 3. The van der Waals surface area contributed by atoms with Crippen LogP contribution in [0.3, 0.4) is 0 Å². The van der Waals surface area contributed by atoms with Gasteiger partial charge >= 0.3 is 35.0 Å². The van der Waals surface area contributed by atoms with Crippen LogP contribution in [0.5, 0.6) is 0 Å². The Balaban J connectivity index is -0.000000911. The third-order valence-corrected chi connectivity index (χ3v) is 10.7. The highest BCUT2D eigenvalue weighted by Crippen LogP contribution is 2.25. The molecule has 0 saturated heterocycles. The Labute approximate surface area is 430 Å². The lowest BCUT2D eigenvalue weighted by Gasteiger charge is -2.33. The smallest absolute Gasteiger partial charge is 0.336 e. The molecule has 420 valence electrons. The largest absolute Gasteiger partial charge is 0.465 e. The van der Waals surface area contributed by atoms with Crippen LogP contribution < -0.4 is 17.1 Å². The molecule has 0 fully saturated rings. The summed E-state index contributed by atoms with van der Waals surface area (Å²) in [7, 11) is 2.17. The summed E-state index contributed by atoms with van der Waals surface area (Å²) in [6.45, 7) is 35.6. The second kappa shape index (κ2) is 47.6. The molecule has 1 heterocycles. The first kappa shape index (κ1) is 71.9. The van der Waals surface area contributed by atoms with Crippen molar-refractivity contribution in [2.45, 2.75) is 212 Å². The molecule has 0 aromatic carbocycles. The van der Waals surface area contributed by atoms with Crippen LogP contribution in [0.25, 0.3) is 0 Å². The molecule has 17 heteroatoms. The monoisotopic (exact) mass is 1020 g/mol. The van der Waals surface area contributed by atoms with Crippen LogP contribution in [-0.2, 0) is 67.2 Å². The van der Waals surface area contributed by atoms with Gasteiger partial charge in [0.05, 0.1) is 37.3 Å². The van der Waals surface area contributed by atoms with Crippen LogP contribution in [0, 0.1) is 10.8 Å². The molecule has 0 spiro atoms. The molecule has 17 nitrogen and oxygen atoms in total. The third kappa shape index (κ3) is 34.6. The van der Waals surface area contributed by atoms with Gasteiger partial charge in [-0.25, -0.2) is 28.1 Å². The maximum Gasteiger partial charge on any atom is 0.336 e. The van der Waals surface area contributed by atoms with Crippen molar-refractivity contribution < 1.29 is 47.5 Å². The van der Waals surface area contributed by atoms with Crippen LogP contribution in [0.2, 0.25) is 0 Å². The zero-order valence-electron chi connectivity index (χ0n) is 47.7. The maximum atomic E-state index is 12.1. The van der Waals surface area contributed by atoms with Gasteiger partial charge in [-0.05, 0) is 104 Å². The van der Waals surface area contributed by atoms with Crippen molar-refractivity contribution in [2.24, 2.45) is 10.8 Å². The van der Waals surface area contributed by atoms with E-state index in [1.165, 1.54) is 25.9 Å². The number of hydrogen-bond acceptors (Lipinski definition) is 14. The summed E-state index contributed by atoms with van der Waals surface area (Å²) < 4.78 is 42.6. The molecule has 1 rings (SSSR count). The number of aromatic nitrogens is 3. The third-order valence-electron chi connectivity index (χ3n) is 10.7. The summed E-state index contributed by atoms with van der Waals surface area (Å²) in [5, 5.41) is 0. The summed E-state index contributed by atoms with van der Waals surface area (Å²) >= 11 is 0. The first-order valence-electron chi connectivity index (χ1n) is 27.5. The maximum absolute atomic E-state index is 12.1. The molecule has 0 aliphatic carbocycles. The van der Waals surface area contributed by atoms with E-state index in [0.717, 1.165) is 65.8 Å². The average molecular weight is 1020 g/mol. The van der Waals surface area contributed by atoms with Gasteiger partial charge in [0.1, 0.15) is 19.8 Å². The molecule has 0 aliphatic rings. The molecule has 0 bridgehead atoms. The molecule has 71 heavy (non-hydrogen) atoms. The van der Waals surface area contributed by atoms with Crippen molar-refractivity contribution in [1.82, 2.24) is 18.6 Å². The summed E-state index contributed by atoms with van der Waals surface area (Å²) in [6.07, 6.45) is 12.4. The van der Waals surface area contributed by atoms with E-state index >= 15 is 0 Å². The van der Waals surface area contributed by atoms with E-state index in [4.69, 9.17) is 33.2 Å². The van der Waals surface area contributed by atoms with Gasteiger partial charge in [0.15, 0.2) is 0 Å². The van der Waals surface area contributed by atoms with E-state index < -0.39 is 22.5 Å². The van der Waals surface area contributed by atoms with Crippen LogP contribution in [0.4, 0.5) is 0 Å². The predicted molar refractivity (Wildman–Crippen MR) is 285 cm³/mol. The Bertz CT molecular complexity index is 1410. The Kier molecular flexibility index (Phi) is 48.2. The average Bonchev–Trinajstić information content (AvgIpc) is 3.34. The SMILES string of the molecule is CCCC(=O)OCC(CC)(COC(=O)CCC)COC(=O)CCC.CCCN(C)CCC.CCCOCC(COCCC)(COCCC)COCCC.CCCn1c(=O)n(CCC)c(=O)n(CCC)c1=O. The number of rotatable bonds is 39. The van der Waals surface area contributed by atoms with Gasteiger partial charge in [0, 0.05) is 65.3 Å². The normalized spacial score (nSPS) is 11.2. The van der Waals surface area contributed by atoms with E-state index in [2.05, 4.69) is 53.5 Å². The van der Waals surface area contributed by atoms with Crippen LogP contribution in [0.1, 0.15) is 193 Å². The van der Waals surface area contributed by atoms with E-state index in [0.29, 0.717) is 110 Å². The summed E-state index contributed by atoms with van der Waals surface area (Å²) in [6, 6.07) is 0. The van der Waals surface area contributed by atoms with Gasteiger partial charge in [0.25, 0.3) is 0 Å². The number of carbonyl (C=O) groups excluding carboxylic acids is 3. The van der Waals surface area contributed by atoms with Crippen molar-refractivity contribution in [2.75, 3.05) is 92.8 Å². The molecule has 0 N–H and O–H groups in total. The minimum atomic E-state index is -0.698. The van der Waals surface area contributed by atoms with Gasteiger partial charge in [-0.2, -0.15) is 0 Å². The van der Waals surface area contributed by atoms with E-state index in [9.17, 15) is 28.8 Å². The highest BCUT2D eigenvalue weighted by molar-refractivity contribution is 5.70. The number of ether oxygens (including phenoxy) is 7. The molecule has 0 unspecified atom stereocenters. The van der Waals surface area contributed by atoms with Crippen LogP contribution >= 0.6 is 0 Å². The molecular weight excluding hydrogens is 913 g/mol. The predicted octanol–water partition coefficient (Wildman–Crippen LogP) is 9.23. The number of hydrogen-bond donors (Lipinski definition) is 0. The van der Waals surface area contributed by atoms with Crippen molar-refractivity contribution >= 4 is 17.9 Å². The second-order valence-corrected chi connectivity index (χ2v) is 18.4. The summed E-state index contributed by atoms with van der Waals surface area (Å²) in [5.74, 6) is -0.889. The van der Waals surface area contributed by atoms with E-state index in [-0.39, 0.29) is 43.1 Å². The first-order valence-corrected chi connectivity index (χ1v) is 27.5. The molecule has 0 radical (unpaired) electrons. The second-order valence-electron chi connectivity index (χ2n) is 18.4. The fraction of sp³-hybridized carbons (Fsp3) is 0.889. The molecule has 0 aliphatic heterocycles. The van der Waals surface area contributed by atoms with Gasteiger partial charge < -0.3 is 38.1 Å². The highest BCUT2D eigenvalue weighted by Gasteiger charge is 2.34. The topological polar surface area (TPSA) is 185 Å². The fourth-order valence-electron chi connectivity index (χ4n) is 6.75. The number of nitrogens with zero attached hydrogens (tertiary/aromatic N) is 4. The minimum Gasteiger partial charge on any atom is -0.465 e. The minimum absolute atomic E-state index is 0.0706. The van der Waals surface area contributed by atoms with Crippen LogP contribution in [0.15, 0.2) is 14.4 Å². The Hall–Kier alpha value is -3.38. The van der Waals surface area contributed by atoms with Crippen molar-refractivity contribution in [3.8, 4) is 0 Å². The fourth-order valence-corrected chi connectivity index (χ4v) is 6.75. The Morgan fingerprint density at radius 3 is 0.845 bits per heavy atom. The lowest BCUT2D eigenvalue weighted by Crippen LogP contribution is -2.54. The van der Waals surface area contributed by atoms with Gasteiger partial charge in [-0.1, -0.05) is 90.0 Å². The molecule has 0 amide bonds. The standard InChI is InChI=1S/C18H32O6.C17H36O4.C12H21N3O3.C7H17N/c1-5-9-15(19)22-12-18(8-4,13-23-16(20)10-6-2)14-24-17(21)11-7-3;1-5-9-18-13-17(14-19-10-6-2,15-20-11-7-3)16-21-12-8-4;1-4-7-13-10(16)14(8-5-2)12(18)15(9-6-3)11(13)17;1-4-6-8(3)7-5-2/h5-14H2,1-4H3;5-16H2,1-4H3;4-9H2,1-3H3;4-7H2,1-3H3. The van der Waals surface area contributed by atoms with E-state index in [1.54, 1.807) is 0 Å². The highest BCUT2D eigenvalue weighted by atomic mass is 16.6. The lowest BCUT2D eigenvalue weighted by molar-refractivity contribution is -0.162. The van der Waals surface area contributed by atoms with Gasteiger partial charge in [-0.3, -0.25) is 14.4 Å². The Morgan fingerprint density at radius 2 is 0.648 bits per heavy atom. The molecular formula is C54H106N4O13. The van der Waals surface area contributed by atoms with Crippen LogP contribution in [-0.4, -0.2) is 129 Å². The quantitative estimate of drug-likeness (QED) is 0.0345. The van der Waals surface area contributed by atoms with Crippen molar-refractivity contribution in [1.29, 1.82) is 0 Å². The zero-order chi connectivity index (χ0) is 54.4. The lowest BCUT2D eigenvalue weighted by atomic mass is 9.88.